The van der Waals surface area contributed by atoms with Crippen LogP contribution in [0.1, 0.15) is 42.6 Å². The van der Waals surface area contributed by atoms with Gasteiger partial charge in [-0.25, -0.2) is 0 Å². The highest BCUT2D eigenvalue weighted by molar-refractivity contribution is 5.97. The molecule has 1 aliphatic carbocycles. The van der Waals surface area contributed by atoms with Crippen molar-refractivity contribution < 1.29 is 14.3 Å². The van der Waals surface area contributed by atoms with Gasteiger partial charge >= 0.3 is 0 Å². The summed E-state index contributed by atoms with van der Waals surface area (Å²) >= 11 is 0. The number of aryl methyl sites for hydroxylation is 1. The van der Waals surface area contributed by atoms with Crippen molar-refractivity contribution in [2.45, 2.75) is 39.7 Å². The lowest BCUT2D eigenvalue weighted by Crippen LogP contribution is -2.37. The highest BCUT2D eigenvalue weighted by Gasteiger charge is 2.29. The van der Waals surface area contributed by atoms with Crippen LogP contribution >= 0.6 is 0 Å². The minimum atomic E-state index is -0.187. The molecule has 2 amide bonds. The van der Waals surface area contributed by atoms with Crippen molar-refractivity contribution in [3.8, 4) is 5.75 Å². The quantitative estimate of drug-likeness (QED) is 0.810. The first-order valence-electron chi connectivity index (χ1n) is 7.83. The van der Waals surface area contributed by atoms with Crippen molar-refractivity contribution >= 4 is 11.8 Å². The Labute approximate surface area is 131 Å². The molecule has 0 radical (unpaired) electrons. The first-order valence-corrected chi connectivity index (χ1v) is 7.83. The van der Waals surface area contributed by atoms with Gasteiger partial charge in [0, 0.05) is 12.6 Å². The maximum atomic E-state index is 12.0. The van der Waals surface area contributed by atoms with E-state index in [1.807, 2.05) is 32.9 Å². The van der Waals surface area contributed by atoms with Gasteiger partial charge in [-0.05, 0) is 51.2 Å². The molecule has 22 heavy (non-hydrogen) atoms. The first kappa shape index (κ1) is 16.3. The summed E-state index contributed by atoms with van der Waals surface area (Å²) in [6.45, 7) is 6.22. The monoisotopic (exact) mass is 304 g/mol. The number of para-hydroxylation sites is 1. The molecule has 1 aliphatic rings. The molecule has 0 heterocycles. The van der Waals surface area contributed by atoms with Gasteiger partial charge in [0.1, 0.15) is 5.75 Å². The van der Waals surface area contributed by atoms with Gasteiger partial charge in [0.15, 0.2) is 6.61 Å². The van der Waals surface area contributed by atoms with E-state index >= 15 is 0 Å². The second-order valence-electron chi connectivity index (χ2n) is 5.79. The van der Waals surface area contributed by atoms with Gasteiger partial charge in [-0.2, -0.15) is 0 Å². The number of rotatable bonds is 7. The van der Waals surface area contributed by atoms with Crippen LogP contribution in [-0.4, -0.2) is 31.0 Å². The fourth-order valence-corrected chi connectivity index (χ4v) is 2.43. The summed E-state index contributed by atoms with van der Waals surface area (Å²) < 4.78 is 5.63. The summed E-state index contributed by atoms with van der Waals surface area (Å²) in [5.41, 5.74) is 1.30. The van der Waals surface area contributed by atoms with E-state index in [-0.39, 0.29) is 24.5 Å². The van der Waals surface area contributed by atoms with E-state index in [1.54, 1.807) is 6.07 Å². The Morgan fingerprint density at radius 3 is 2.73 bits per heavy atom. The summed E-state index contributed by atoms with van der Waals surface area (Å²) in [5.74, 6) is 0.744. The van der Waals surface area contributed by atoms with Crippen LogP contribution in [0.5, 0.6) is 5.75 Å². The van der Waals surface area contributed by atoms with Crippen LogP contribution in [0.3, 0.4) is 0 Å². The van der Waals surface area contributed by atoms with Crippen molar-refractivity contribution in [1.29, 1.82) is 0 Å². The molecule has 1 saturated carbocycles. The second kappa shape index (κ2) is 7.29. The maximum Gasteiger partial charge on any atom is 0.258 e. The molecule has 120 valence electrons. The van der Waals surface area contributed by atoms with Gasteiger partial charge in [-0.3, -0.25) is 9.59 Å². The molecule has 5 nitrogen and oxygen atoms in total. The number of hydrogen-bond acceptors (Lipinski definition) is 3. The molecule has 1 unspecified atom stereocenters. The molecule has 2 N–H and O–H groups in total. The third kappa shape index (κ3) is 4.23. The molecule has 0 aromatic heterocycles. The molecule has 0 spiro atoms. The third-order valence-corrected chi connectivity index (χ3v) is 3.86. The minimum Gasteiger partial charge on any atom is -0.483 e. The van der Waals surface area contributed by atoms with Gasteiger partial charge in [0.05, 0.1) is 5.56 Å². The van der Waals surface area contributed by atoms with Crippen LogP contribution in [0.25, 0.3) is 0 Å². The first-order chi connectivity index (χ1) is 10.5. The van der Waals surface area contributed by atoms with Crippen molar-refractivity contribution in [3.05, 3.63) is 29.3 Å². The normalized spacial score (nSPS) is 15.0. The smallest absolute Gasteiger partial charge is 0.258 e. The zero-order chi connectivity index (χ0) is 16.1. The van der Waals surface area contributed by atoms with Crippen LogP contribution in [0, 0.1) is 12.8 Å². The van der Waals surface area contributed by atoms with Gasteiger partial charge in [-0.1, -0.05) is 12.1 Å². The maximum absolute atomic E-state index is 12.0. The highest BCUT2D eigenvalue weighted by atomic mass is 16.5. The van der Waals surface area contributed by atoms with Crippen molar-refractivity contribution in [1.82, 2.24) is 10.6 Å². The zero-order valence-corrected chi connectivity index (χ0v) is 13.4. The summed E-state index contributed by atoms with van der Waals surface area (Å²) in [4.78, 5) is 24.0. The standard InChI is InChI=1S/C17H24N2O3/c1-4-18-17(21)14-7-5-6-11(2)16(14)22-10-15(20)19-12(3)13-8-9-13/h5-7,12-13H,4,8-10H2,1-3H3,(H,18,21)(H,19,20). The molecule has 1 aromatic carbocycles. The Morgan fingerprint density at radius 1 is 1.36 bits per heavy atom. The fourth-order valence-electron chi connectivity index (χ4n) is 2.43. The lowest BCUT2D eigenvalue weighted by atomic mass is 10.1. The van der Waals surface area contributed by atoms with E-state index in [0.29, 0.717) is 23.8 Å². The summed E-state index contributed by atoms with van der Waals surface area (Å²) in [6.07, 6.45) is 2.36. The van der Waals surface area contributed by atoms with Crippen LogP contribution in [0.15, 0.2) is 18.2 Å². The van der Waals surface area contributed by atoms with Gasteiger partial charge in [-0.15, -0.1) is 0 Å². The van der Waals surface area contributed by atoms with E-state index in [9.17, 15) is 9.59 Å². The Kier molecular flexibility index (Phi) is 5.41. The van der Waals surface area contributed by atoms with Crippen molar-refractivity contribution in [3.63, 3.8) is 0 Å². The molecule has 1 atom stereocenters. The molecular formula is C17H24N2O3. The van der Waals surface area contributed by atoms with Gasteiger partial charge in [0.25, 0.3) is 11.8 Å². The van der Waals surface area contributed by atoms with Crippen LogP contribution in [0.4, 0.5) is 0 Å². The van der Waals surface area contributed by atoms with E-state index in [0.717, 1.165) is 5.56 Å². The van der Waals surface area contributed by atoms with E-state index in [2.05, 4.69) is 10.6 Å². The largest absolute Gasteiger partial charge is 0.483 e. The Bertz CT molecular complexity index is 553. The van der Waals surface area contributed by atoms with E-state index < -0.39 is 0 Å². The number of benzene rings is 1. The summed E-state index contributed by atoms with van der Waals surface area (Å²) in [5, 5.41) is 5.69. The Morgan fingerprint density at radius 2 is 2.09 bits per heavy atom. The molecule has 0 aliphatic heterocycles. The SMILES string of the molecule is CCNC(=O)c1cccc(C)c1OCC(=O)NC(C)C1CC1. The highest BCUT2D eigenvalue weighted by Crippen LogP contribution is 2.32. The Balaban J connectivity index is 1.98. The predicted molar refractivity (Wildman–Crippen MR) is 85.0 cm³/mol. The number of carbonyl (C=O) groups is 2. The number of nitrogens with one attached hydrogen (secondary N) is 2. The zero-order valence-electron chi connectivity index (χ0n) is 13.4. The molecule has 1 fully saturated rings. The number of hydrogen-bond donors (Lipinski definition) is 2. The summed E-state index contributed by atoms with van der Waals surface area (Å²) in [6, 6.07) is 5.57. The fraction of sp³-hybridized carbons (Fsp3) is 0.529. The average Bonchev–Trinajstić information content (AvgIpc) is 3.30. The van der Waals surface area contributed by atoms with E-state index in [1.165, 1.54) is 12.8 Å². The molecule has 0 saturated heterocycles. The van der Waals surface area contributed by atoms with Crippen molar-refractivity contribution in [2.75, 3.05) is 13.2 Å². The second-order valence-corrected chi connectivity index (χ2v) is 5.79. The molecule has 5 heteroatoms. The number of amides is 2. The lowest BCUT2D eigenvalue weighted by Gasteiger charge is -2.16. The molecule has 0 bridgehead atoms. The van der Waals surface area contributed by atoms with Crippen LogP contribution < -0.4 is 15.4 Å². The van der Waals surface area contributed by atoms with Gasteiger partial charge in [0.2, 0.25) is 0 Å². The topological polar surface area (TPSA) is 67.4 Å². The molecular weight excluding hydrogens is 280 g/mol. The Hall–Kier alpha value is -2.04. The number of carbonyl (C=O) groups excluding carboxylic acids is 2. The van der Waals surface area contributed by atoms with Gasteiger partial charge < -0.3 is 15.4 Å². The third-order valence-electron chi connectivity index (χ3n) is 3.86. The minimum absolute atomic E-state index is 0.0751. The molecule has 1 aromatic rings. The lowest BCUT2D eigenvalue weighted by molar-refractivity contribution is -0.123. The number of ether oxygens (including phenoxy) is 1. The summed E-state index contributed by atoms with van der Waals surface area (Å²) in [7, 11) is 0. The molecule has 2 rings (SSSR count). The van der Waals surface area contributed by atoms with Crippen LogP contribution in [0.2, 0.25) is 0 Å². The predicted octanol–water partition coefficient (Wildman–Crippen LogP) is 2.04. The van der Waals surface area contributed by atoms with Crippen molar-refractivity contribution in [2.24, 2.45) is 5.92 Å². The van der Waals surface area contributed by atoms with E-state index in [4.69, 9.17) is 4.74 Å². The average molecular weight is 304 g/mol. The van der Waals surface area contributed by atoms with Crippen LogP contribution in [-0.2, 0) is 4.79 Å².